The first-order valence-electron chi connectivity index (χ1n) is 3.16. The van der Waals surface area contributed by atoms with Crippen LogP contribution in [0.15, 0.2) is 0 Å². The van der Waals surface area contributed by atoms with E-state index < -0.39 is 0 Å². The van der Waals surface area contributed by atoms with Crippen LogP contribution >= 0.6 is 12.4 Å². The molecule has 9 heavy (non-hydrogen) atoms. The maximum absolute atomic E-state index is 5.65. The lowest BCUT2D eigenvalue weighted by atomic mass is 10.1. The summed E-state index contributed by atoms with van der Waals surface area (Å²) in [6.45, 7) is 2.92. The summed E-state index contributed by atoms with van der Waals surface area (Å²) < 4.78 is 5.27. The van der Waals surface area contributed by atoms with E-state index in [1.165, 1.54) is 0 Å². The molecule has 0 radical (unpaired) electrons. The Morgan fingerprint density at radius 1 is 1.56 bits per heavy atom. The molecule has 1 rings (SSSR count). The Bertz CT molecular complexity index is 71.5. The van der Waals surface area contributed by atoms with Crippen LogP contribution in [0.2, 0.25) is 0 Å². The predicted octanol–water partition coefficient (Wildman–Crippen LogP) is 0.934. The number of hydrogen-bond donors (Lipinski definition) is 1. The summed E-state index contributed by atoms with van der Waals surface area (Å²) in [5, 5.41) is 0. The summed E-state index contributed by atoms with van der Waals surface area (Å²) in [4.78, 5) is 0. The third kappa shape index (κ3) is 3.04. The van der Waals surface area contributed by atoms with Crippen LogP contribution < -0.4 is 5.73 Å². The average Bonchev–Trinajstić information content (AvgIpc) is 1.64. The van der Waals surface area contributed by atoms with Crippen LogP contribution in [0.1, 0.15) is 19.8 Å². The quantitative estimate of drug-likeness (QED) is 0.559. The second-order valence-electron chi connectivity index (χ2n) is 2.47. The molecule has 1 heterocycles. The van der Waals surface area contributed by atoms with Gasteiger partial charge in [-0.05, 0) is 19.8 Å². The number of hydrogen-bond acceptors (Lipinski definition) is 2. The van der Waals surface area contributed by atoms with Crippen molar-refractivity contribution in [3.8, 4) is 0 Å². The van der Waals surface area contributed by atoms with Crippen molar-refractivity contribution in [2.45, 2.75) is 31.9 Å². The van der Waals surface area contributed by atoms with Gasteiger partial charge in [0.1, 0.15) is 0 Å². The minimum atomic E-state index is 0. The van der Waals surface area contributed by atoms with Crippen molar-refractivity contribution in [3.05, 3.63) is 0 Å². The van der Waals surface area contributed by atoms with Crippen molar-refractivity contribution >= 4 is 12.4 Å². The van der Waals surface area contributed by atoms with Gasteiger partial charge in [-0.3, -0.25) is 0 Å². The first-order chi connectivity index (χ1) is 3.79. The van der Waals surface area contributed by atoms with Crippen molar-refractivity contribution in [3.63, 3.8) is 0 Å². The van der Waals surface area contributed by atoms with Crippen LogP contribution in [0.25, 0.3) is 0 Å². The maximum atomic E-state index is 5.65. The predicted molar refractivity (Wildman–Crippen MR) is 39.9 cm³/mol. The molecule has 0 aromatic heterocycles. The van der Waals surface area contributed by atoms with Crippen LogP contribution in [-0.4, -0.2) is 18.8 Å². The van der Waals surface area contributed by atoms with Gasteiger partial charge in [-0.25, -0.2) is 0 Å². The van der Waals surface area contributed by atoms with E-state index in [1.54, 1.807) is 0 Å². The van der Waals surface area contributed by atoms with Gasteiger partial charge < -0.3 is 10.5 Å². The van der Waals surface area contributed by atoms with Gasteiger partial charge in [0.2, 0.25) is 0 Å². The highest BCUT2D eigenvalue weighted by atomic mass is 35.5. The van der Waals surface area contributed by atoms with Gasteiger partial charge in [-0.2, -0.15) is 0 Å². The molecule has 2 atom stereocenters. The Kier molecular flexibility index (Phi) is 4.19. The minimum absolute atomic E-state index is 0. The standard InChI is InChI=1S/C6H13NO.ClH/c1-5-4-6(7)2-3-8-5;/h5-6H,2-4,7H2,1H3;1H. The number of rotatable bonds is 0. The molecule has 1 aliphatic rings. The Morgan fingerprint density at radius 2 is 2.22 bits per heavy atom. The maximum Gasteiger partial charge on any atom is 0.0561 e. The van der Waals surface area contributed by atoms with Gasteiger partial charge >= 0.3 is 0 Å². The number of nitrogens with two attached hydrogens (primary N) is 1. The topological polar surface area (TPSA) is 35.2 Å². The smallest absolute Gasteiger partial charge is 0.0561 e. The summed E-state index contributed by atoms with van der Waals surface area (Å²) >= 11 is 0. The summed E-state index contributed by atoms with van der Waals surface area (Å²) in [5.74, 6) is 0. The molecule has 0 saturated carbocycles. The largest absolute Gasteiger partial charge is 0.378 e. The molecule has 2 nitrogen and oxygen atoms in total. The molecule has 1 fully saturated rings. The van der Waals surface area contributed by atoms with Gasteiger partial charge in [0.25, 0.3) is 0 Å². The fourth-order valence-electron chi connectivity index (χ4n) is 1.03. The molecule has 1 saturated heterocycles. The van der Waals surface area contributed by atoms with E-state index in [9.17, 15) is 0 Å². The molecule has 0 amide bonds. The summed E-state index contributed by atoms with van der Waals surface area (Å²) in [6, 6.07) is 0.388. The average molecular weight is 152 g/mol. The molecule has 0 aromatic carbocycles. The first kappa shape index (κ1) is 9.21. The van der Waals surface area contributed by atoms with E-state index in [0.717, 1.165) is 19.4 Å². The molecular weight excluding hydrogens is 138 g/mol. The Balaban J connectivity index is 0.000000640. The third-order valence-corrected chi connectivity index (χ3v) is 1.53. The zero-order chi connectivity index (χ0) is 5.98. The lowest BCUT2D eigenvalue weighted by molar-refractivity contribution is 0.0200. The lowest BCUT2D eigenvalue weighted by Gasteiger charge is -2.23. The first-order valence-corrected chi connectivity index (χ1v) is 3.16. The fourth-order valence-corrected chi connectivity index (χ4v) is 1.03. The normalized spacial score (nSPS) is 35.3. The second-order valence-corrected chi connectivity index (χ2v) is 2.47. The molecular formula is C6H14ClNO. The highest BCUT2D eigenvalue weighted by molar-refractivity contribution is 5.85. The molecule has 0 spiro atoms. The molecule has 0 aliphatic carbocycles. The molecule has 2 N–H and O–H groups in total. The third-order valence-electron chi connectivity index (χ3n) is 1.53. The van der Waals surface area contributed by atoms with Crippen molar-refractivity contribution < 1.29 is 4.74 Å². The van der Waals surface area contributed by atoms with Crippen LogP contribution in [0.4, 0.5) is 0 Å². The lowest BCUT2D eigenvalue weighted by Crippen LogP contribution is -2.32. The van der Waals surface area contributed by atoms with E-state index in [-0.39, 0.29) is 12.4 Å². The van der Waals surface area contributed by atoms with Crippen LogP contribution in [0.5, 0.6) is 0 Å². The van der Waals surface area contributed by atoms with Crippen LogP contribution in [0, 0.1) is 0 Å². The zero-order valence-electron chi connectivity index (χ0n) is 5.67. The van der Waals surface area contributed by atoms with Gasteiger partial charge in [-0.15, -0.1) is 12.4 Å². The van der Waals surface area contributed by atoms with Gasteiger partial charge in [-0.1, -0.05) is 0 Å². The van der Waals surface area contributed by atoms with Gasteiger partial charge in [0, 0.05) is 12.6 Å². The van der Waals surface area contributed by atoms with E-state index in [1.807, 2.05) is 0 Å². The van der Waals surface area contributed by atoms with E-state index in [2.05, 4.69) is 6.92 Å². The Labute approximate surface area is 62.2 Å². The highest BCUT2D eigenvalue weighted by Gasteiger charge is 2.14. The molecule has 0 aromatic rings. The van der Waals surface area contributed by atoms with E-state index in [4.69, 9.17) is 10.5 Å². The molecule has 2 unspecified atom stereocenters. The Morgan fingerprint density at radius 3 is 2.56 bits per heavy atom. The minimum Gasteiger partial charge on any atom is -0.378 e. The molecule has 3 heteroatoms. The molecule has 0 bridgehead atoms. The summed E-state index contributed by atoms with van der Waals surface area (Å²) in [6.07, 6.45) is 2.45. The summed E-state index contributed by atoms with van der Waals surface area (Å²) in [7, 11) is 0. The summed E-state index contributed by atoms with van der Waals surface area (Å²) in [5.41, 5.74) is 5.65. The number of halogens is 1. The van der Waals surface area contributed by atoms with Gasteiger partial charge in [0.05, 0.1) is 6.10 Å². The van der Waals surface area contributed by atoms with E-state index >= 15 is 0 Å². The number of ether oxygens (including phenoxy) is 1. The zero-order valence-corrected chi connectivity index (χ0v) is 6.49. The van der Waals surface area contributed by atoms with Crippen molar-refractivity contribution in [2.24, 2.45) is 5.73 Å². The highest BCUT2D eigenvalue weighted by Crippen LogP contribution is 2.10. The van der Waals surface area contributed by atoms with Crippen molar-refractivity contribution in [1.29, 1.82) is 0 Å². The Hall–Kier alpha value is 0.210. The van der Waals surface area contributed by atoms with E-state index in [0.29, 0.717) is 12.1 Å². The van der Waals surface area contributed by atoms with Crippen LogP contribution in [-0.2, 0) is 4.74 Å². The molecule has 56 valence electrons. The molecule has 1 aliphatic heterocycles. The van der Waals surface area contributed by atoms with Crippen molar-refractivity contribution in [2.75, 3.05) is 6.61 Å². The van der Waals surface area contributed by atoms with Gasteiger partial charge in [0.15, 0.2) is 0 Å². The monoisotopic (exact) mass is 151 g/mol. The SMILES string of the molecule is CC1CC(N)CCO1.Cl. The van der Waals surface area contributed by atoms with Crippen LogP contribution in [0.3, 0.4) is 0 Å². The van der Waals surface area contributed by atoms with Crippen molar-refractivity contribution in [1.82, 2.24) is 0 Å². The second kappa shape index (κ2) is 4.09. The fraction of sp³-hybridized carbons (Fsp3) is 1.00.